The van der Waals surface area contributed by atoms with Gasteiger partial charge in [0.1, 0.15) is 11.6 Å². The summed E-state index contributed by atoms with van der Waals surface area (Å²) in [4.78, 5) is 4.61. The Morgan fingerprint density at radius 2 is 1.89 bits per heavy atom. The van der Waals surface area contributed by atoms with E-state index in [1.807, 2.05) is 11.6 Å². The Morgan fingerprint density at radius 1 is 1.21 bits per heavy atom. The lowest BCUT2D eigenvalue weighted by molar-refractivity contribution is 0.355. The van der Waals surface area contributed by atoms with Crippen LogP contribution in [0.2, 0.25) is 0 Å². The van der Waals surface area contributed by atoms with Crippen LogP contribution in [0.4, 0.5) is 4.39 Å². The summed E-state index contributed by atoms with van der Waals surface area (Å²) >= 11 is 0. The lowest BCUT2D eigenvalue weighted by Gasteiger charge is -2.27. The molecule has 1 aliphatic carbocycles. The summed E-state index contributed by atoms with van der Waals surface area (Å²) in [6.45, 7) is 0. The van der Waals surface area contributed by atoms with Crippen molar-refractivity contribution < 1.29 is 4.39 Å². The predicted octanol–water partition coefficient (Wildman–Crippen LogP) is 3.22. The van der Waals surface area contributed by atoms with Crippen LogP contribution in [0.15, 0.2) is 18.2 Å². The Bertz CT molecular complexity index is 595. The molecule has 1 fully saturated rings. The summed E-state index contributed by atoms with van der Waals surface area (Å²) in [5.41, 5.74) is 7.90. The van der Waals surface area contributed by atoms with Crippen LogP contribution in [-0.4, -0.2) is 9.55 Å². The van der Waals surface area contributed by atoms with Gasteiger partial charge in [-0.1, -0.05) is 25.7 Å². The average molecular weight is 261 g/mol. The van der Waals surface area contributed by atoms with Gasteiger partial charge >= 0.3 is 0 Å². The van der Waals surface area contributed by atoms with E-state index in [1.54, 1.807) is 6.07 Å². The summed E-state index contributed by atoms with van der Waals surface area (Å²) in [5.74, 6) is 0.652. The van der Waals surface area contributed by atoms with Crippen molar-refractivity contribution in [2.75, 3.05) is 0 Å². The fourth-order valence-electron chi connectivity index (χ4n) is 3.20. The summed E-state index contributed by atoms with van der Waals surface area (Å²) in [6.07, 6.45) is 6.72. The number of nitrogens with two attached hydrogens (primary N) is 1. The number of nitrogens with zero attached hydrogens (tertiary/aromatic N) is 2. The summed E-state index contributed by atoms with van der Waals surface area (Å²) in [5, 5.41) is 0. The first-order chi connectivity index (χ1) is 9.10. The van der Waals surface area contributed by atoms with Crippen LogP contribution >= 0.6 is 0 Å². The van der Waals surface area contributed by atoms with Crippen molar-refractivity contribution in [3.63, 3.8) is 0 Å². The molecule has 0 atom stereocenters. The number of hydrogen-bond donors (Lipinski definition) is 1. The number of benzene rings is 1. The minimum Gasteiger partial charge on any atom is -0.330 e. The molecule has 0 amide bonds. The van der Waals surface area contributed by atoms with Crippen LogP contribution < -0.4 is 5.73 Å². The summed E-state index contributed by atoms with van der Waals surface area (Å²) < 4.78 is 15.3. The Hall–Kier alpha value is -1.42. The zero-order chi connectivity index (χ0) is 13.5. The first-order valence-corrected chi connectivity index (χ1v) is 7.01. The predicted molar refractivity (Wildman–Crippen MR) is 74.2 cm³/mol. The van der Waals surface area contributed by atoms with Gasteiger partial charge in [-0.05, 0) is 25.0 Å². The quantitative estimate of drug-likeness (QED) is 0.801. The highest BCUT2D eigenvalue weighted by Gasteiger charge is 2.32. The molecule has 19 heavy (non-hydrogen) atoms. The number of imidazole rings is 1. The first kappa shape index (κ1) is 12.6. The molecule has 3 nitrogen and oxygen atoms in total. The zero-order valence-electron chi connectivity index (χ0n) is 11.3. The van der Waals surface area contributed by atoms with Gasteiger partial charge in [-0.25, -0.2) is 9.37 Å². The molecule has 4 heteroatoms. The van der Waals surface area contributed by atoms with Gasteiger partial charge in [-0.15, -0.1) is 0 Å². The molecule has 1 saturated carbocycles. The Kier molecular flexibility index (Phi) is 3.05. The molecule has 102 valence electrons. The maximum Gasteiger partial charge on any atom is 0.129 e. The molecule has 1 aromatic heterocycles. The molecule has 2 N–H and O–H groups in total. The molecule has 3 rings (SSSR count). The minimum absolute atomic E-state index is 0.246. The second-order valence-corrected chi connectivity index (χ2v) is 5.70. The molecule has 1 heterocycles. The van der Waals surface area contributed by atoms with E-state index in [9.17, 15) is 4.39 Å². The Labute approximate surface area is 112 Å². The van der Waals surface area contributed by atoms with Crippen molar-refractivity contribution in [1.29, 1.82) is 0 Å². The third-order valence-corrected chi connectivity index (χ3v) is 4.28. The topological polar surface area (TPSA) is 43.8 Å². The molecule has 1 aromatic carbocycles. The van der Waals surface area contributed by atoms with Crippen molar-refractivity contribution in [3.05, 3.63) is 29.8 Å². The highest BCUT2D eigenvalue weighted by atomic mass is 19.1. The van der Waals surface area contributed by atoms with Gasteiger partial charge in [-0.3, -0.25) is 0 Å². The number of aromatic nitrogens is 2. The fourth-order valence-corrected chi connectivity index (χ4v) is 3.20. The van der Waals surface area contributed by atoms with Gasteiger partial charge in [-0.2, -0.15) is 0 Å². The maximum atomic E-state index is 13.3. The van der Waals surface area contributed by atoms with Crippen molar-refractivity contribution in [2.24, 2.45) is 12.8 Å². The highest BCUT2D eigenvalue weighted by Crippen LogP contribution is 2.34. The second-order valence-electron chi connectivity index (χ2n) is 5.70. The monoisotopic (exact) mass is 261 g/mol. The Balaban J connectivity index is 2.11. The normalized spacial score (nSPS) is 19.5. The lowest BCUT2D eigenvalue weighted by atomic mass is 9.90. The third kappa shape index (κ3) is 2.14. The van der Waals surface area contributed by atoms with Crippen molar-refractivity contribution in [1.82, 2.24) is 9.55 Å². The van der Waals surface area contributed by atoms with Gasteiger partial charge in [0.25, 0.3) is 0 Å². The van der Waals surface area contributed by atoms with Crippen molar-refractivity contribution in [3.8, 4) is 0 Å². The Morgan fingerprint density at radius 3 is 2.58 bits per heavy atom. The summed E-state index contributed by atoms with van der Waals surface area (Å²) in [7, 11) is 1.97. The second kappa shape index (κ2) is 4.60. The molecule has 0 saturated heterocycles. The minimum atomic E-state index is -0.360. The third-order valence-electron chi connectivity index (χ3n) is 4.28. The van der Waals surface area contributed by atoms with E-state index >= 15 is 0 Å². The first-order valence-electron chi connectivity index (χ1n) is 7.01. The van der Waals surface area contributed by atoms with Gasteiger partial charge < -0.3 is 10.3 Å². The van der Waals surface area contributed by atoms with Crippen LogP contribution in [0.3, 0.4) is 0 Å². The number of hydrogen-bond acceptors (Lipinski definition) is 2. The maximum absolute atomic E-state index is 13.3. The fraction of sp³-hybridized carbons (Fsp3) is 0.533. The smallest absolute Gasteiger partial charge is 0.129 e. The molecule has 2 aromatic rings. The van der Waals surface area contributed by atoms with E-state index in [4.69, 9.17) is 5.73 Å². The van der Waals surface area contributed by atoms with Gasteiger partial charge in [0.15, 0.2) is 0 Å². The van der Waals surface area contributed by atoms with E-state index in [0.29, 0.717) is 5.52 Å². The van der Waals surface area contributed by atoms with Crippen molar-refractivity contribution in [2.45, 2.75) is 44.1 Å². The molecule has 0 unspecified atom stereocenters. The SMILES string of the molecule is Cn1c(C2(N)CCCCCC2)nc2cc(F)ccc21. The number of aryl methyl sites for hydroxylation is 1. The lowest BCUT2D eigenvalue weighted by Crippen LogP contribution is -2.38. The van der Waals surface area contributed by atoms with Crippen LogP contribution in [0, 0.1) is 5.82 Å². The van der Waals surface area contributed by atoms with Gasteiger partial charge in [0, 0.05) is 13.1 Å². The molecule has 0 aliphatic heterocycles. The number of rotatable bonds is 1. The molecular weight excluding hydrogens is 241 g/mol. The standard InChI is InChI=1S/C15H20FN3/c1-19-13-7-6-11(16)10-12(13)18-14(19)15(17)8-4-2-3-5-9-15/h6-7,10H,2-5,8-9,17H2,1H3. The van der Waals surface area contributed by atoms with E-state index in [2.05, 4.69) is 4.98 Å². The van der Waals surface area contributed by atoms with Crippen molar-refractivity contribution >= 4 is 11.0 Å². The molecular formula is C15H20FN3. The van der Waals surface area contributed by atoms with E-state index in [-0.39, 0.29) is 11.4 Å². The van der Waals surface area contributed by atoms with Crippen LogP contribution in [0.1, 0.15) is 44.3 Å². The van der Waals surface area contributed by atoms with Gasteiger partial charge in [0.05, 0.1) is 16.6 Å². The highest BCUT2D eigenvalue weighted by molar-refractivity contribution is 5.76. The van der Waals surface area contributed by atoms with Crippen LogP contribution in [0.25, 0.3) is 11.0 Å². The summed E-state index contributed by atoms with van der Waals surface area (Å²) in [6, 6.07) is 4.74. The molecule has 0 spiro atoms. The van der Waals surface area contributed by atoms with Crippen LogP contribution in [0.5, 0.6) is 0 Å². The number of halogens is 1. The van der Waals surface area contributed by atoms with E-state index in [0.717, 1.165) is 37.0 Å². The molecule has 0 bridgehead atoms. The van der Waals surface area contributed by atoms with Gasteiger partial charge in [0.2, 0.25) is 0 Å². The van der Waals surface area contributed by atoms with E-state index < -0.39 is 0 Å². The van der Waals surface area contributed by atoms with Crippen LogP contribution in [-0.2, 0) is 12.6 Å². The zero-order valence-corrected chi connectivity index (χ0v) is 11.3. The van der Waals surface area contributed by atoms with E-state index in [1.165, 1.54) is 25.0 Å². The molecule has 1 aliphatic rings. The molecule has 0 radical (unpaired) electrons. The number of fused-ring (bicyclic) bond motifs is 1. The average Bonchev–Trinajstić information content (AvgIpc) is 2.57. The largest absolute Gasteiger partial charge is 0.330 e.